The molecule has 0 aliphatic carbocycles. The molecule has 0 unspecified atom stereocenters. The van der Waals surface area contributed by atoms with Gasteiger partial charge in [-0.3, -0.25) is 9.59 Å². The van der Waals surface area contributed by atoms with Crippen LogP contribution in [-0.2, 0) is 14.8 Å². The summed E-state index contributed by atoms with van der Waals surface area (Å²) in [5.41, 5.74) is 5.27. The van der Waals surface area contributed by atoms with Crippen molar-refractivity contribution in [2.75, 3.05) is 31.6 Å². The van der Waals surface area contributed by atoms with Gasteiger partial charge in [0.05, 0.1) is 18.8 Å². The summed E-state index contributed by atoms with van der Waals surface area (Å²) in [6.45, 7) is 1.07. The lowest BCUT2D eigenvalue weighted by Crippen LogP contribution is -2.40. The SMILES string of the molecule is NC(=O)c1cc(S(=O)(=O)N2CCOCC2)sc1NC(=O)c1nccs1. The van der Waals surface area contributed by atoms with E-state index in [0.717, 1.165) is 22.7 Å². The molecule has 3 heterocycles. The fourth-order valence-corrected chi connectivity index (χ4v) is 5.64. The molecule has 2 amide bonds. The lowest BCUT2D eigenvalue weighted by molar-refractivity contribution is 0.0731. The number of hydrogen-bond acceptors (Lipinski definition) is 8. The van der Waals surface area contributed by atoms with Crippen molar-refractivity contribution in [1.82, 2.24) is 9.29 Å². The second-order valence-electron chi connectivity index (χ2n) is 4.98. The lowest BCUT2D eigenvalue weighted by Gasteiger charge is -2.25. The van der Waals surface area contributed by atoms with Crippen molar-refractivity contribution < 1.29 is 22.7 Å². The molecule has 3 N–H and O–H groups in total. The standard InChI is InChI=1S/C13H14N4O5S3/c14-10(18)8-7-9(25(20,21)17-2-4-22-5-3-17)24-12(8)16-11(19)13-15-1-6-23-13/h1,6-7H,2-5H2,(H2,14,18)(H,16,19). The molecule has 3 rings (SSSR count). The second-order valence-corrected chi connectivity index (χ2v) is 9.09. The zero-order valence-electron chi connectivity index (χ0n) is 12.8. The molecule has 0 spiro atoms. The maximum absolute atomic E-state index is 12.7. The second kappa shape index (κ2) is 7.17. The normalized spacial score (nSPS) is 15.8. The zero-order chi connectivity index (χ0) is 18.0. The fourth-order valence-electron chi connectivity index (χ4n) is 2.18. The molecule has 0 saturated carbocycles. The number of rotatable bonds is 5. The Morgan fingerprint density at radius 2 is 2.04 bits per heavy atom. The number of carbonyl (C=O) groups excluding carboxylic acids is 2. The Balaban J connectivity index is 1.91. The van der Waals surface area contributed by atoms with Crippen LogP contribution < -0.4 is 11.1 Å². The third-order valence-electron chi connectivity index (χ3n) is 3.39. The van der Waals surface area contributed by atoms with E-state index in [2.05, 4.69) is 10.3 Å². The fraction of sp³-hybridized carbons (Fsp3) is 0.308. The number of morpholine rings is 1. The van der Waals surface area contributed by atoms with E-state index in [4.69, 9.17) is 10.5 Å². The molecule has 2 aromatic rings. The van der Waals surface area contributed by atoms with E-state index in [1.807, 2.05) is 0 Å². The minimum Gasteiger partial charge on any atom is -0.379 e. The number of sulfonamides is 1. The van der Waals surface area contributed by atoms with Gasteiger partial charge in [-0.05, 0) is 6.07 Å². The van der Waals surface area contributed by atoms with Gasteiger partial charge in [0.1, 0.15) is 9.21 Å². The van der Waals surface area contributed by atoms with Crippen molar-refractivity contribution in [2.24, 2.45) is 5.73 Å². The summed E-state index contributed by atoms with van der Waals surface area (Å²) in [6, 6.07) is 1.19. The maximum atomic E-state index is 12.7. The number of aromatic nitrogens is 1. The number of nitrogens with two attached hydrogens (primary N) is 1. The molecular formula is C13H14N4O5S3. The predicted molar refractivity (Wildman–Crippen MR) is 92.5 cm³/mol. The highest BCUT2D eigenvalue weighted by Gasteiger charge is 2.30. The van der Waals surface area contributed by atoms with Crippen LogP contribution in [0.3, 0.4) is 0 Å². The van der Waals surface area contributed by atoms with Crippen LogP contribution in [0, 0.1) is 0 Å². The third kappa shape index (κ3) is 3.72. The Morgan fingerprint density at radius 3 is 2.64 bits per heavy atom. The number of thiazole rings is 1. The molecule has 12 heteroatoms. The predicted octanol–water partition coefficient (Wildman–Crippen LogP) is 0.577. The van der Waals surface area contributed by atoms with Gasteiger partial charge in [0.25, 0.3) is 21.8 Å². The van der Waals surface area contributed by atoms with E-state index in [9.17, 15) is 18.0 Å². The van der Waals surface area contributed by atoms with Gasteiger partial charge >= 0.3 is 0 Å². The maximum Gasteiger partial charge on any atom is 0.285 e. The number of thiophene rings is 1. The Labute approximate surface area is 151 Å². The van der Waals surface area contributed by atoms with Gasteiger partial charge in [0, 0.05) is 24.7 Å². The van der Waals surface area contributed by atoms with Crippen LogP contribution >= 0.6 is 22.7 Å². The van der Waals surface area contributed by atoms with Crippen molar-refractivity contribution >= 4 is 49.5 Å². The molecule has 2 aromatic heterocycles. The third-order valence-corrected chi connectivity index (χ3v) is 7.56. The molecule has 1 aliphatic rings. The number of primary amides is 1. The number of anilines is 1. The van der Waals surface area contributed by atoms with Gasteiger partial charge in [0.2, 0.25) is 0 Å². The summed E-state index contributed by atoms with van der Waals surface area (Å²) in [5, 5.41) is 4.42. The molecule has 25 heavy (non-hydrogen) atoms. The number of carbonyl (C=O) groups is 2. The number of nitrogens with one attached hydrogen (secondary N) is 1. The van der Waals surface area contributed by atoms with Crippen molar-refractivity contribution in [2.45, 2.75) is 4.21 Å². The number of nitrogens with zero attached hydrogens (tertiary/aromatic N) is 2. The first-order valence-electron chi connectivity index (χ1n) is 7.12. The molecule has 0 aromatic carbocycles. The van der Waals surface area contributed by atoms with Crippen LogP contribution in [0.2, 0.25) is 0 Å². The van der Waals surface area contributed by atoms with Gasteiger partial charge in [0.15, 0.2) is 5.01 Å². The van der Waals surface area contributed by atoms with Crippen LogP contribution in [0.4, 0.5) is 5.00 Å². The van der Waals surface area contributed by atoms with Gasteiger partial charge < -0.3 is 15.8 Å². The highest BCUT2D eigenvalue weighted by atomic mass is 32.2. The minimum atomic E-state index is -3.79. The first-order chi connectivity index (χ1) is 11.9. The largest absolute Gasteiger partial charge is 0.379 e. The Morgan fingerprint density at radius 1 is 1.32 bits per heavy atom. The molecule has 1 aliphatic heterocycles. The molecule has 0 bridgehead atoms. The number of hydrogen-bond donors (Lipinski definition) is 2. The topological polar surface area (TPSA) is 132 Å². The van der Waals surface area contributed by atoms with E-state index in [0.29, 0.717) is 13.2 Å². The zero-order valence-corrected chi connectivity index (χ0v) is 15.2. The van der Waals surface area contributed by atoms with Crippen molar-refractivity contribution in [3.63, 3.8) is 0 Å². The van der Waals surface area contributed by atoms with Gasteiger partial charge in [-0.1, -0.05) is 0 Å². The molecule has 1 fully saturated rings. The Bertz CT molecular complexity index is 885. The average Bonchev–Trinajstić information content (AvgIpc) is 3.25. The monoisotopic (exact) mass is 402 g/mol. The van der Waals surface area contributed by atoms with Gasteiger partial charge in [-0.25, -0.2) is 13.4 Å². The van der Waals surface area contributed by atoms with Crippen LogP contribution in [0.15, 0.2) is 21.9 Å². The van der Waals surface area contributed by atoms with Crippen molar-refractivity contribution in [3.8, 4) is 0 Å². The van der Waals surface area contributed by atoms with Crippen LogP contribution in [0.5, 0.6) is 0 Å². The van der Waals surface area contributed by atoms with Crippen molar-refractivity contribution in [3.05, 3.63) is 28.2 Å². The van der Waals surface area contributed by atoms with Crippen LogP contribution in [0.1, 0.15) is 20.2 Å². The average molecular weight is 402 g/mol. The van der Waals surface area contributed by atoms with E-state index >= 15 is 0 Å². The number of amides is 2. The summed E-state index contributed by atoms with van der Waals surface area (Å²) in [6.07, 6.45) is 1.47. The molecular weight excluding hydrogens is 388 g/mol. The smallest absolute Gasteiger partial charge is 0.285 e. The highest BCUT2D eigenvalue weighted by Crippen LogP contribution is 2.33. The van der Waals surface area contributed by atoms with Gasteiger partial charge in [-0.15, -0.1) is 22.7 Å². The molecule has 9 nitrogen and oxygen atoms in total. The molecule has 134 valence electrons. The summed E-state index contributed by atoms with van der Waals surface area (Å²) < 4.78 is 31.8. The first-order valence-corrected chi connectivity index (χ1v) is 10.3. The molecule has 1 saturated heterocycles. The Hall–Kier alpha value is -1.86. The van der Waals surface area contributed by atoms with Crippen molar-refractivity contribution in [1.29, 1.82) is 0 Å². The summed E-state index contributed by atoms with van der Waals surface area (Å²) >= 11 is 1.91. The highest BCUT2D eigenvalue weighted by molar-refractivity contribution is 7.91. The summed E-state index contributed by atoms with van der Waals surface area (Å²) in [4.78, 5) is 27.6. The van der Waals surface area contributed by atoms with E-state index in [1.54, 1.807) is 5.38 Å². The van der Waals surface area contributed by atoms with Gasteiger partial charge in [-0.2, -0.15) is 4.31 Å². The van der Waals surface area contributed by atoms with E-state index < -0.39 is 21.8 Å². The Kier molecular flexibility index (Phi) is 5.15. The van der Waals surface area contributed by atoms with E-state index in [-0.39, 0.29) is 32.9 Å². The number of ether oxygens (including phenoxy) is 1. The quantitative estimate of drug-likeness (QED) is 0.752. The van der Waals surface area contributed by atoms with Crippen LogP contribution in [-0.4, -0.2) is 55.8 Å². The van der Waals surface area contributed by atoms with Crippen LogP contribution in [0.25, 0.3) is 0 Å². The lowest BCUT2D eigenvalue weighted by atomic mass is 10.3. The first kappa shape index (κ1) is 17.9. The molecule has 0 radical (unpaired) electrons. The minimum absolute atomic E-state index is 0.0539. The summed E-state index contributed by atoms with van der Waals surface area (Å²) in [5.74, 6) is -1.36. The molecule has 0 atom stereocenters. The van der Waals surface area contributed by atoms with E-state index in [1.165, 1.54) is 16.6 Å². The summed E-state index contributed by atoms with van der Waals surface area (Å²) in [7, 11) is -3.79.